The fourth-order valence-electron chi connectivity index (χ4n) is 6.51. The highest BCUT2D eigenvalue weighted by Crippen LogP contribution is 2.41. The highest BCUT2D eigenvalue weighted by molar-refractivity contribution is 6.30. The number of aryl methyl sites for hydroxylation is 1. The van der Waals surface area contributed by atoms with E-state index in [-0.39, 0.29) is 17.9 Å². The molecule has 6 heteroatoms. The van der Waals surface area contributed by atoms with E-state index in [0.717, 1.165) is 53.3 Å². The predicted octanol–water partition coefficient (Wildman–Crippen LogP) is 7.38. The molecule has 0 bridgehead atoms. The van der Waals surface area contributed by atoms with Crippen molar-refractivity contribution in [2.45, 2.75) is 76.5 Å². The van der Waals surface area contributed by atoms with Gasteiger partial charge in [0.15, 0.2) is 5.54 Å². The molecule has 0 unspecified atom stereocenters. The van der Waals surface area contributed by atoms with Gasteiger partial charge >= 0.3 is 0 Å². The molecule has 2 heterocycles. The summed E-state index contributed by atoms with van der Waals surface area (Å²) in [6, 6.07) is 25.7. The molecule has 1 aliphatic heterocycles. The number of fused-ring (bicyclic) bond motifs is 3. The summed E-state index contributed by atoms with van der Waals surface area (Å²) < 4.78 is 2.06. The molecule has 0 spiro atoms. The number of hydrogen-bond acceptors (Lipinski definition) is 2. The van der Waals surface area contributed by atoms with Crippen molar-refractivity contribution in [1.29, 1.82) is 0 Å². The van der Waals surface area contributed by atoms with Crippen molar-refractivity contribution >= 4 is 34.3 Å². The first-order valence-electron chi connectivity index (χ1n) is 14.5. The third-order valence-electron chi connectivity index (χ3n) is 8.69. The lowest BCUT2D eigenvalue weighted by Crippen LogP contribution is -2.64. The summed E-state index contributed by atoms with van der Waals surface area (Å²) in [5.74, 6) is -0.251. The molecule has 1 saturated carbocycles. The van der Waals surface area contributed by atoms with Crippen LogP contribution >= 0.6 is 11.6 Å². The van der Waals surface area contributed by atoms with E-state index >= 15 is 0 Å². The standard InChI is InChI=1S/C34H36ClN3O2/c1-24-14-17-26-21-31-32(39)38(22-25-15-18-28(35)19-16-25)34(23-37(31)30(26)20-24,27-10-6-5-7-11-27)33(40)36-29-12-8-3-2-4-9-13-29/h5-7,10-11,14-21,29H,2-4,8-9,12-13,22-23H2,1H3,(H,36,40)/t34-/m0/s1. The second kappa shape index (κ2) is 11.1. The van der Waals surface area contributed by atoms with Crippen molar-refractivity contribution < 1.29 is 9.59 Å². The Bertz CT molecular complexity index is 1520. The predicted molar refractivity (Wildman–Crippen MR) is 160 cm³/mol. The number of rotatable bonds is 5. The zero-order valence-corrected chi connectivity index (χ0v) is 23.8. The highest BCUT2D eigenvalue weighted by Gasteiger charge is 2.52. The summed E-state index contributed by atoms with van der Waals surface area (Å²) in [6.07, 6.45) is 7.84. The summed E-state index contributed by atoms with van der Waals surface area (Å²) in [5, 5.41) is 5.10. The van der Waals surface area contributed by atoms with Crippen LogP contribution in [-0.2, 0) is 23.4 Å². The van der Waals surface area contributed by atoms with Gasteiger partial charge in [0.1, 0.15) is 5.69 Å². The van der Waals surface area contributed by atoms with Crippen molar-refractivity contribution in [2.24, 2.45) is 0 Å². The molecule has 1 N–H and O–H groups in total. The van der Waals surface area contributed by atoms with Crippen LogP contribution in [0.4, 0.5) is 0 Å². The van der Waals surface area contributed by atoms with Gasteiger partial charge < -0.3 is 14.8 Å². The monoisotopic (exact) mass is 553 g/mol. The molecule has 4 aromatic rings. The third-order valence-corrected chi connectivity index (χ3v) is 8.95. The number of carbonyl (C=O) groups is 2. The van der Waals surface area contributed by atoms with Gasteiger partial charge in [0.25, 0.3) is 11.8 Å². The molecule has 1 aliphatic carbocycles. The molecule has 3 aromatic carbocycles. The van der Waals surface area contributed by atoms with Crippen LogP contribution < -0.4 is 5.32 Å². The molecule has 0 radical (unpaired) electrons. The molecule has 40 heavy (non-hydrogen) atoms. The molecule has 6 rings (SSSR count). The number of nitrogens with zero attached hydrogens (tertiary/aromatic N) is 2. The lowest BCUT2D eigenvalue weighted by Gasteiger charge is -2.47. The Morgan fingerprint density at radius 2 is 1.62 bits per heavy atom. The van der Waals surface area contributed by atoms with Crippen molar-refractivity contribution in [3.05, 3.63) is 106 Å². The van der Waals surface area contributed by atoms with E-state index in [1.54, 1.807) is 4.90 Å². The molecular formula is C34H36ClN3O2. The van der Waals surface area contributed by atoms with Gasteiger partial charge in [-0.3, -0.25) is 9.59 Å². The molecule has 206 valence electrons. The first-order valence-corrected chi connectivity index (χ1v) is 14.9. The lowest BCUT2D eigenvalue weighted by atomic mass is 9.83. The maximum atomic E-state index is 14.8. The lowest BCUT2D eigenvalue weighted by molar-refractivity contribution is -0.136. The van der Waals surface area contributed by atoms with E-state index < -0.39 is 5.54 Å². The summed E-state index contributed by atoms with van der Waals surface area (Å²) >= 11 is 6.20. The summed E-state index contributed by atoms with van der Waals surface area (Å²) in [4.78, 5) is 31.1. The van der Waals surface area contributed by atoms with Crippen molar-refractivity contribution in [3.8, 4) is 0 Å². The van der Waals surface area contributed by atoms with Crippen LogP contribution in [-0.4, -0.2) is 27.3 Å². The Morgan fingerprint density at radius 1 is 0.925 bits per heavy atom. The first-order chi connectivity index (χ1) is 19.5. The van der Waals surface area contributed by atoms with Gasteiger partial charge in [-0.25, -0.2) is 0 Å². The molecule has 1 fully saturated rings. The minimum Gasteiger partial charge on any atom is -0.351 e. The van der Waals surface area contributed by atoms with Gasteiger partial charge in [-0.15, -0.1) is 0 Å². The van der Waals surface area contributed by atoms with Crippen LogP contribution in [0.3, 0.4) is 0 Å². The normalized spacial score (nSPS) is 20.1. The Hall–Kier alpha value is -3.57. The number of halogens is 1. The number of amides is 2. The highest BCUT2D eigenvalue weighted by atomic mass is 35.5. The topological polar surface area (TPSA) is 54.3 Å². The molecular weight excluding hydrogens is 518 g/mol. The maximum absolute atomic E-state index is 14.8. The summed E-state index contributed by atoms with van der Waals surface area (Å²) in [5.41, 5.74) is 3.24. The SMILES string of the molecule is Cc1ccc2cc3n(c2c1)C[C@@](C(=O)NC1CCCCCCC1)(c1ccccc1)N(Cc1ccc(Cl)cc1)C3=O. The molecule has 0 saturated heterocycles. The Morgan fingerprint density at radius 3 is 2.35 bits per heavy atom. The minimum absolute atomic E-state index is 0.103. The smallest absolute Gasteiger partial charge is 0.272 e. The van der Waals surface area contributed by atoms with E-state index in [2.05, 4.69) is 35.0 Å². The fourth-order valence-corrected chi connectivity index (χ4v) is 6.63. The van der Waals surface area contributed by atoms with Gasteiger partial charge in [0.05, 0.1) is 6.54 Å². The summed E-state index contributed by atoms with van der Waals surface area (Å²) in [7, 11) is 0. The van der Waals surface area contributed by atoms with Gasteiger partial charge in [0.2, 0.25) is 0 Å². The van der Waals surface area contributed by atoms with Crippen LogP contribution in [0.5, 0.6) is 0 Å². The number of aromatic nitrogens is 1. The molecule has 2 amide bonds. The van der Waals surface area contributed by atoms with Crippen LogP contribution in [0.1, 0.15) is 72.1 Å². The molecule has 1 aromatic heterocycles. The minimum atomic E-state index is -1.22. The Balaban J connectivity index is 1.52. The second-order valence-corrected chi connectivity index (χ2v) is 11.9. The van der Waals surface area contributed by atoms with Crippen molar-refractivity contribution in [2.75, 3.05) is 0 Å². The molecule has 1 atom stereocenters. The van der Waals surface area contributed by atoms with Gasteiger partial charge in [-0.2, -0.15) is 0 Å². The van der Waals surface area contributed by atoms with E-state index in [4.69, 9.17) is 11.6 Å². The third kappa shape index (κ3) is 4.92. The number of carbonyl (C=O) groups excluding carboxylic acids is 2. The number of benzene rings is 3. The van der Waals surface area contributed by atoms with Gasteiger partial charge in [0, 0.05) is 28.5 Å². The van der Waals surface area contributed by atoms with Crippen LogP contribution in [0, 0.1) is 6.92 Å². The van der Waals surface area contributed by atoms with E-state index in [1.165, 1.54) is 19.3 Å². The summed E-state index contributed by atoms with van der Waals surface area (Å²) in [6.45, 7) is 2.70. The zero-order valence-electron chi connectivity index (χ0n) is 23.0. The van der Waals surface area contributed by atoms with Crippen LogP contribution in [0.25, 0.3) is 10.9 Å². The number of nitrogens with one attached hydrogen (secondary N) is 1. The van der Waals surface area contributed by atoms with E-state index in [0.29, 0.717) is 23.8 Å². The van der Waals surface area contributed by atoms with Gasteiger partial charge in [-0.1, -0.05) is 98.3 Å². The van der Waals surface area contributed by atoms with Crippen molar-refractivity contribution in [3.63, 3.8) is 0 Å². The first kappa shape index (κ1) is 26.6. The van der Waals surface area contributed by atoms with Gasteiger partial charge in [-0.05, 0) is 60.7 Å². The molecule has 5 nitrogen and oxygen atoms in total. The van der Waals surface area contributed by atoms with Crippen LogP contribution in [0.15, 0.2) is 78.9 Å². The number of hydrogen-bond donors (Lipinski definition) is 1. The van der Waals surface area contributed by atoms with Crippen LogP contribution in [0.2, 0.25) is 5.02 Å². The van der Waals surface area contributed by atoms with Crippen molar-refractivity contribution in [1.82, 2.24) is 14.8 Å². The fraction of sp³-hybridized carbons (Fsp3) is 0.353. The zero-order chi connectivity index (χ0) is 27.7. The maximum Gasteiger partial charge on any atom is 0.272 e. The molecule has 2 aliphatic rings. The second-order valence-electron chi connectivity index (χ2n) is 11.4. The Labute approximate surface area is 241 Å². The van der Waals surface area contributed by atoms with E-state index in [9.17, 15) is 9.59 Å². The largest absolute Gasteiger partial charge is 0.351 e. The average molecular weight is 554 g/mol. The average Bonchev–Trinajstić information content (AvgIpc) is 3.30. The van der Waals surface area contributed by atoms with E-state index in [1.807, 2.05) is 60.7 Å². The Kier molecular flexibility index (Phi) is 7.41. The quantitative estimate of drug-likeness (QED) is 0.280.